The molecule has 1 unspecified atom stereocenters. The first-order valence-corrected chi connectivity index (χ1v) is 9.03. The van der Waals surface area contributed by atoms with Crippen LogP contribution in [0.5, 0.6) is 5.75 Å². The molecule has 0 heterocycles. The first-order valence-electron chi connectivity index (χ1n) is 5.87. The minimum absolute atomic E-state index is 0.0277. The van der Waals surface area contributed by atoms with Gasteiger partial charge in [-0.2, -0.15) is 0 Å². The highest BCUT2D eigenvalue weighted by Crippen LogP contribution is 2.41. The maximum atomic E-state index is 6.11. The molecular weight excluding hydrogens is 518 g/mol. The summed E-state index contributed by atoms with van der Waals surface area (Å²) in [7, 11) is 1.69. The summed E-state index contributed by atoms with van der Waals surface area (Å²) >= 11 is 15.8. The Morgan fingerprint density at radius 3 is 2.55 bits per heavy atom. The Kier molecular flexibility index (Phi) is 5.79. The first-order chi connectivity index (χ1) is 9.43. The Hall–Kier alpha value is 0.220. The summed E-state index contributed by atoms with van der Waals surface area (Å²) in [5, 5.41) is 0.731. The molecule has 5 heteroatoms. The maximum Gasteiger partial charge on any atom is 0.123 e. The van der Waals surface area contributed by atoms with Gasteiger partial charge < -0.3 is 4.74 Å². The van der Waals surface area contributed by atoms with Crippen LogP contribution in [0.1, 0.15) is 21.5 Å². The van der Waals surface area contributed by atoms with Crippen LogP contribution in [0.3, 0.4) is 0 Å². The van der Waals surface area contributed by atoms with Gasteiger partial charge in [0.2, 0.25) is 0 Å². The molecule has 0 bridgehead atoms. The lowest BCUT2D eigenvalue weighted by Crippen LogP contribution is -2.00. The number of benzene rings is 2. The molecule has 0 aliphatic heterocycles. The van der Waals surface area contributed by atoms with Crippen molar-refractivity contribution in [2.75, 3.05) is 7.11 Å². The van der Waals surface area contributed by atoms with Gasteiger partial charge in [-0.25, -0.2) is 0 Å². The lowest BCUT2D eigenvalue weighted by Gasteiger charge is -2.18. The Morgan fingerprint density at radius 1 is 1.20 bits per heavy atom. The van der Waals surface area contributed by atoms with Crippen LogP contribution in [-0.2, 0) is 0 Å². The van der Waals surface area contributed by atoms with Gasteiger partial charge in [0.05, 0.1) is 11.9 Å². The third-order valence-corrected chi connectivity index (χ3v) is 6.07. The van der Waals surface area contributed by atoms with Crippen molar-refractivity contribution in [1.82, 2.24) is 0 Å². The van der Waals surface area contributed by atoms with Crippen LogP contribution in [-0.4, -0.2) is 7.11 Å². The molecule has 0 radical (unpaired) electrons. The maximum absolute atomic E-state index is 6.11. The normalized spacial score (nSPS) is 12.3. The number of hydrogen-bond acceptors (Lipinski definition) is 1. The standard InChI is InChI=1S/C15H12Br2ClIO/c1-8-5-14(20-2)11(7-12(8)16)15(17)10-6-9(18)3-4-13(10)19/h3-7,15H,1-2H3. The Morgan fingerprint density at radius 2 is 1.90 bits per heavy atom. The molecule has 106 valence electrons. The Bertz CT molecular complexity index is 646. The number of halogens is 4. The number of methoxy groups -OCH3 is 1. The number of rotatable bonds is 3. The molecule has 0 aromatic heterocycles. The largest absolute Gasteiger partial charge is 0.496 e. The van der Waals surface area contributed by atoms with Crippen molar-refractivity contribution in [3.05, 3.63) is 60.1 Å². The van der Waals surface area contributed by atoms with Crippen LogP contribution in [0, 0.1) is 10.5 Å². The molecule has 0 aliphatic carbocycles. The molecule has 0 N–H and O–H groups in total. The average molecular weight is 530 g/mol. The van der Waals surface area contributed by atoms with Gasteiger partial charge in [0, 0.05) is 18.6 Å². The zero-order valence-corrected chi connectivity index (χ0v) is 17.0. The van der Waals surface area contributed by atoms with Gasteiger partial charge in [-0.15, -0.1) is 0 Å². The summed E-state index contributed by atoms with van der Waals surface area (Å²) < 4.78 is 7.73. The van der Waals surface area contributed by atoms with E-state index in [1.807, 2.05) is 31.2 Å². The first kappa shape index (κ1) is 16.6. The van der Waals surface area contributed by atoms with E-state index in [-0.39, 0.29) is 4.83 Å². The average Bonchev–Trinajstić information content (AvgIpc) is 2.43. The van der Waals surface area contributed by atoms with Crippen LogP contribution in [0.15, 0.2) is 34.8 Å². The van der Waals surface area contributed by atoms with E-state index in [1.165, 1.54) is 0 Å². The van der Waals surface area contributed by atoms with Crippen molar-refractivity contribution < 1.29 is 4.74 Å². The summed E-state index contributed by atoms with van der Waals surface area (Å²) in [4.78, 5) is 0.0277. The van der Waals surface area contributed by atoms with Gasteiger partial charge in [0.1, 0.15) is 5.75 Å². The van der Waals surface area contributed by atoms with Gasteiger partial charge in [0.15, 0.2) is 0 Å². The van der Waals surface area contributed by atoms with Gasteiger partial charge in [-0.05, 0) is 71.0 Å². The lowest BCUT2D eigenvalue weighted by atomic mass is 10.0. The van der Waals surface area contributed by atoms with Gasteiger partial charge >= 0.3 is 0 Å². The predicted molar refractivity (Wildman–Crippen MR) is 100 cm³/mol. The van der Waals surface area contributed by atoms with Crippen LogP contribution in [0.2, 0.25) is 5.02 Å². The second kappa shape index (κ2) is 6.99. The van der Waals surface area contributed by atoms with E-state index in [1.54, 1.807) is 7.11 Å². The third kappa shape index (κ3) is 3.51. The van der Waals surface area contributed by atoms with Crippen LogP contribution < -0.4 is 4.74 Å². The molecule has 2 rings (SSSR count). The van der Waals surface area contributed by atoms with Gasteiger partial charge in [0.25, 0.3) is 0 Å². The number of aryl methyl sites for hydroxylation is 1. The molecule has 0 saturated heterocycles. The lowest BCUT2D eigenvalue weighted by molar-refractivity contribution is 0.410. The van der Waals surface area contributed by atoms with E-state index in [0.29, 0.717) is 0 Å². The van der Waals surface area contributed by atoms with Crippen LogP contribution in [0.25, 0.3) is 0 Å². The van der Waals surface area contributed by atoms with Crippen molar-refractivity contribution >= 4 is 66.1 Å². The topological polar surface area (TPSA) is 9.23 Å². The molecule has 2 aromatic rings. The molecule has 0 aliphatic rings. The monoisotopic (exact) mass is 528 g/mol. The fourth-order valence-corrected chi connectivity index (χ4v) is 4.27. The molecule has 0 amide bonds. The fraction of sp³-hybridized carbons (Fsp3) is 0.200. The quantitative estimate of drug-likeness (QED) is 0.325. The smallest absolute Gasteiger partial charge is 0.123 e. The fourth-order valence-electron chi connectivity index (χ4n) is 1.92. The molecule has 20 heavy (non-hydrogen) atoms. The van der Waals surface area contributed by atoms with E-state index >= 15 is 0 Å². The highest BCUT2D eigenvalue weighted by atomic mass is 127. The number of hydrogen-bond donors (Lipinski definition) is 0. The molecular formula is C15H12Br2ClIO. The molecule has 1 atom stereocenters. The SMILES string of the molecule is COc1cc(C)c(Br)cc1C(Br)c1cc(Cl)ccc1I. The van der Waals surface area contributed by atoms with Crippen molar-refractivity contribution in [3.8, 4) is 5.75 Å². The minimum atomic E-state index is 0.0277. The van der Waals surface area contributed by atoms with E-state index in [9.17, 15) is 0 Å². The summed E-state index contributed by atoms with van der Waals surface area (Å²) in [5.41, 5.74) is 3.35. The summed E-state index contributed by atoms with van der Waals surface area (Å²) in [5.74, 6) is 0.864. The van der Waals surface area contributed by atoms with Crippen molar-refractivity contribution in [3.63, 3.8) is 0 Å². The summed E-state index contributed by atoms with van der Waals surface area (Å²) in [6.45, 7) is 2.04. The highest BCUT2D eigenvalue weighted by Gasteiger charge is 2.19. The highest BCUT2D eigenvalue weighted by molar-refractivity contribution is 14.1. The zero-order chi connectivity index (χ0) is 14.9. The molecule has 0 spiro atoms. The van der Waals surface area contributed by atoms with Crippen LogP contribution in [0.4, 0.5) is 0 Å². The predicted octanol–water partition coefficient (Wildman–Crippen LogP) is 6.51. The van der Waals surface area contributed by atoms with Crippen molar-refractivity contribution in [2.45, 2.75) is 11.8 Å². The van der Waals surface area contributed by atoms with Crippen molar-refractivity contribution in [2.24, 2.45) is 0 Å². The summed E-state index contributed by atoms with van der Waals surface area (Å²) in [6, 6.07) is 10.0. The number of alkyl halides is 1. The Labute approximate surface area is 154 Å². The molecule has 0 fully saturated rings. The van der Waals surface area contributed by atoms with E-state index in [2.05, 4.69) is 60.5 Å². The molecule has 0 saturated carbocycles. The van der Waals surface area contributed by atoms with Gasteiger partial charge in [-0.3, -0.25) is 0 Å². The van der Waals surface area contributed by atoms with Crippen molar-refractivity contribution in [1.29, 1.82) is 0 Å². The van der Waals surface area contributed by atoms with Crippen LogP contribution >= 0.6 is 66.1 Å². The molecule has 2 aromatic carbocycles. The second-order valence-corrected chi connectivity index (χ2v) is 7.74. The minimum Gasteiger partial charge on any atom is -0.496 e. The molecule has 1 nitrogen and oxygen atoms in total. The third-order valence-electron chi connectivity index (χ3n) is 3.02. The zero-order valence-electron chi connectivity index (χ0n) is 10.9. The van der Waals surface area contributed by atoms with E-state index in [4.69, 9.17) is 16.3 Å². The summed E-state index contributed by atoms with van der Waals surface area (Å²) in [6.07, 6.45) is 0. The van der Waals surface area contributed by atoms with Gasteiger partial charge in [-0.1, -0.05) is 43.5 Å². The van der Waals surface area contributed by atoms with E-state index < -0.39 is 0 Å². The Balaban J connectivity index is 2.55. The number of ether oxygens (including phenoxy) is 1. The van der Waals surface area contributed by atoms with E-state index in [0.717, 1.165) is 35.5 Å². The second-order valence-electron chi connectivity index (χ2n) is 4.37.